The van der Waals surface area contributed by atoms with E-state index in [0.717, 1.165) is 6.07 Å². The molecule has 0 aliphatic carbocycles. The number of benzene rings is 1. The fourth-order valence-corrected chi connectivity index (χ4v) is 1.59. The summed E-state index contributed by atoms with van der Waals surface area (Å²) < 4.78 is 0. The fraction of sp³-hybridized carbons (Fsp3) is 0.273. The minimum absolute atomic E-state index is 0.171. The summed E-state index contributed by atoms with van der Waals surface area (Å²) in [6.07, 6.45) is -0.796. The van der Waals surface area contributed by atoms with Gasteiger partial charge < -0.3 is 20.4 Å². The smallest absolute Gasteiger partial charge is 0.303 e. The Morgan fingerprint density at radius 3 is 2.00 bits per heavy atom. The zero-order valence-corrected chi connectivity index (χ0v) is 8.83. The van der Waals surface area contributed by atoms with Crippen molar-refractivity contribution in [2.45, 2.75) is 18.8 Å². The quantitative estimate of drug-likeness (QED) is 0.613. The number of rotatable bonds is 5. The van der Waals surface area contributed by atoms with E-state index in [1.807, 2.05) is 0 Å². The second kappa shape index (κ2) is 5.20. The molecule has 0 aliphatic heterocycles. The van der Waals surface area contributed by atoms with Crippen LogP contribution >= 0.6 is 0 Å². The number of phenols is 2. The highest BCUT2D eigenvalue weighted by Crippen LogP contribution is 2.33. The largest absolute Gasteiger partial charge is 0.508 e. The summed E-state index contributed by atoms with van der Waals surface area (Å²) in [4.78, 5) is 21.2. The topological polar surface area (TPSA) is 115 Å². The van der Waals surface area contributed by atoms with Crippen molar-refractivity contribution in [3.8, 4) is 11.5 Å². The number of hydrogen-bond acceptors (Lipinski definition) is 4. The van der Waals surface area contributed by atoms with Gasteiger partial charge in [0.2, 0.25) is 0 Å². The van der Waals surface area contributed by atoms with Gasteiger partial charge >= 0.3 is 11.9 Å². The van der Waals surface area contributed by atoms with E-state index < -0.39 is 30.7 Å². The monoisotopic (exact) mass is 240 g/mol. The van der Waals surface area contributed by atoms with Gasteiger partial charge in [-0.2, -0.15) is 0 Å². The third-order valence-corrected chi connectivity index (χ3v) is 2.30. The van der Waals surface area contributed by atoms with E-state index in [1.165, 1.54) is 12.1 Å². The molecule has 1 rings (SSSR count). The second-order valence-electron chi connectivity index (χ2n) is 3.64. The van der Waals surface area contributed by atoms with E-state index >= 15 is 0 Å². The van der Waals surface area contributed by atoms with Crippen molar-refractivity contribution in [3.05, 3.63) is 23.8 Å². The second-order valence-corrected chi connectivity index (χ2v) is 3.64. The Morgan fingerprint density at radius 2 is 1.59 bits per heavy atom. The van der Waals surface area contributed by atoms with Crippen LogP contribution in [0.4, 0.5) is 0 Å². The van der Waals surface area contributed by atoms with Crippen LogP contribution in [0.25, 0.3) is 0 Å². The van der Waals surface area contributed by atoms with E-state index in [-0.39, 0.29) is 17.1 Å². The summed E-state index contributed by atoms with van der Waals surface area (Å²) in [5.41, 5.74) is 0.201. The van der Waals surface area contributed by atoms with Gasteiger partial charge in [0.25, 0.3) is 0 Å². The molecule has 0 amide bonds. The zero-order chi connectivity index (χ0) is 13.0. The number of aliphatic carboxylic acids is 2. The lowest BCUT2D eigenvalue weighted by Gasteiger charge is -2.14. The molecule has 0 fully saturated rings. The molecule has 0 atom stereocenters. The summed E-state index contributed by atoms with van der Waals surface area (Å²) in [6, 6.07) is 3.64. The van der Waals surface area contributed by atoms with Gasteiger partial charge in [0.1, 0.15) is 11.5 Å². The predicted octanol–water partition coefficient (Wildman–Crippen LogP) is 1.13. The molecule has 0 radical (unpaired) electrons. The van der Waals surface area contributed by atoms with Gasteiger partial charge in [-0.3, -0.25) is 9.59 Å². The van der Waals surface area contributed by atoms with Crippen molar-refractivity contribution < 1.29 is 30.0 Å². The lowest BCUT2D eigenvalue weighted by molar-refractivity contribution is -0.139. The summed E-state index contributed by atoms with van der Waals surface area (Å²) >= 11 is 0. The van der Waals surface area contributed by atoms with Crippen LogP contribution < -0.4 is 0 Å². The van der Waals surface area contributed by atoms with Crippen LogP contribution in [0, 0.1) is 0 Å². The first-order valence-corrected chi connectivity index (χ1v) is 4.85. The summed E-state index contributed by atoms with van der Waals surface area (Å²) in [5, 5.41) is 36.0. The minimum Gasteiger partial charge on any atom is -0.508 e. The number of carboxylic acid groups (broad SMARTS) is 2. The molecule has 0 heterocycles. The summed E-state index contributed by atoms with van der Waals surface area (Å²) in [6.45, 7) is 0. The molecule has 0 bridgehead atoms. The molecule has 0 unspecified atom stereocenters. The van der Waals surface area contributed by atoms with E-state index in [0.29, 0.717) is 0 Å². The van der Waals surface area contributed by atoms with Crippen molar-refractivity contribution >= 4 is 11.9 Å². The first kappa shape index (κ1) is 12.8. The third kappa shape index (κ3) is 3.67. The van der Waals surface area contributed by atoms with Gasteiger partial charge in [-0.05, 0) is 11.6 Å². The van der Waals surface area contributed by atoms with Crippen molar-refractivity contribution in [1.29, 1.82) is 0 Å². The first-order chi connectivity index (χ1) is 7.90. The number of phenolic OH excluding ortho intramolecular Hbond substituents is 2. The Labute approximate surface area is 96.8 Å². The number of aromatic hydroxyl groups is 2. The standard InChI is InChI=1S/C11H12O6/c12-7-1-2-8(9(13)5-7)6(3-10(14)15)4-11(16)17/h1-2,5-6,12-13H,3-4H2,(H,14,15)(H,16,17). The maximum absolute atomic E-state index is 10.6. The molecule has 6 heteroatoms. The molecule has 1 aromatic carbocycles. The lowest BCUT2D eigenvalue weighted by Crippen LogP contribution is -2.11. The minimum atomic E-state index is -1.15. The number of hydrogen-bond donors (Lipinski definition) is 4. The van der Waals surface area contributed by atoms with Crippen molar-refractivity contribution in [2.75, 3.05) is 0 Å². The first-order valence-electron chi connectivity index (χ1n) is 4.85. The maximum Gasteiger partial charge on any atom is 0.303 e. The number of carbonyl (C=O) groups is 2. The van der Waals surface area contributed by atoms with Gasteiger partial charge in [0, 0.05) is 12.0 Å². The van der Waals surface area contributed by atoms with Crippen LogP contribution in [0.2, 0.25) is 0 Å². The van der Waals surface area contributed by atoms with Crippen LogP contribution in [-0.2, 0) is 9.59 Å². The SMILES string of the molecule is O=C(O)CC(CC(=O)O)c1ccc(O)cc1O. The Morgan fingerprint density at radius 1 is 1.06 bits per heavy atom. The maximum atomic E-state index is 10.6. The average molecular weight is 240 g/mol. The Hall–Kier alpha value is -2.24. The molecule has 0 saturated carbocycles. The molecule has 92 valence electrons. The molecule has 0 spiro atoms. The van der Waals surface area contributed by atoms with E-state index in [1.54, 1.807) is 0 Å². The van der Waals surface area contributed by atoms with Crippen molar-refractivity contribution in [1.82, 2.24) is 0 Å². The zero-order valence-electron chi connectivity index (χ0n) is 8.83. The molecule has 0 saturated heterocycles. The molecule has 1 aromatic rings. The number of carboxylic acids is 2. The third-order valence-electron chi connectivity index (χ3n) is 2.30. The van der Waals surface area contributed by atoms with Gasteiger partial charge in [-0.15, -0.1) is 0 Å². The highest BCUT2D eigenvalue weighted by Gasteiger charge is 2.21. The molecule has 17 heavy (non-hydrogen) atoms. The normalized spacial score (nSPS) is 10.4. The Kier molecular flexibility index (Phi) is 3.92. The van der Waals surface area contributed by atoms with Gasteiger partial charge in [0.05, 0.1) is 12.8 Å². The average Bonchev–Trinajstić information content (AvgIpc) is 2.14. The molecule has 0 aromatic heterocycles. The van der Waals surface area contributed by atoms with Crippen LogP contribution in [0.1, 0.15) is 24.3 Å². The summed E-state index contributed by atoms with van der Waals surface area (Å²) in [5.74, 6) is -3.61. The highest BCUT2D eigenvalue weighted by atomic mass is 16.4. The van der Waals surface area contributed by atoms with Gasteiger partial charge in [-0.1, -0.05) is 6.07 Å². The lowest BCUT2D eigenvalue weighted by atomic mass is 9.91. The van der Waals surface area contributed by atoms with Crippen LogP contribution in [0.5, 0.6) is 11.5 Å². The predicted molar refractivity (Wildman–Crippen MR) is 57.0 cm³/mol. The Bertz CT molecular complexity index is 424. The van der Waals surface area contributed by atoms with E-state index in [9.17, 15) is 14.7 Å². The summed E-state index contributed by atoms with van der Waals surface area (Å²) in [7, 11) is 0. The van der Waals surface area contributed by atoms with Gasteiger partial charge in [-0.25, -0.2) is 0 Å². The van der Waals surface area contributed by atoms with E-state index in [2.05, 4.69) is 0 Å². The fourth-order valence-electron chi connectivity index (χ4n) is 1.59. The van der Waals surface area contributed by atoms with Gasteiger partial charge in [0.15, 0.2) is 0 Å². The van der Waals surface area contributed by atoms with Crippen molar-refractivity contribution in [2.24, 2.45) is 0 Å². The Balaban J connectivity index is 3.02. The van der Waals surface area contributed by atoms with Crippen LogP contribution in [0.15, 0.2) is 18.2 Å². The molecular formula is C11H12O6. The molecule has 0 aliphatic rings. The molecule has 4 N–H and O–H groups in total. The van der Waals surface area contributed by atoms with Crippen LogP contribution in [-0.4, -0.2) is 32.4 Å². The van der Waals surface area contributed by atoms with Crippen molar-refractivity contribution in [3.63, 3.8) is 0 Å². The van der Waals surface area contributed by atoms with Crippen LogP contribution in [0.3, 0.4) is 0 Å². The molecule has 6 nitrogen and oxygen atoms in total. The highest BCUT2D eigenvalue weighted by molar-refractivity contribution is 5.72. The van der Waals surface area contributed by atoms with E-state index in [4.69, 9.17) is 15.3 Å². The molecular weight excluding hydrogens is 228 g/mol.